The van der Waals surface area contributed by atoms with Gasteiger partial charge in [0.15, 0.2) is 5.22 Å². The maximum Gasteiger partial charge on any atom is 0.404 e. The lowest BCUT2D eigenvalue weighted by atomic mass is 9.78. The summed E-state index contributed by atoms with van der Waals surface area (Å²) in [5, 5.41) is 0.876. The number of ether oxygens (including phenoxy) is 2. The maximum atomic E-state index is 14.5. The average molecular weight is 441 g/mol. The summed E-state index contributed by atoms with van der Waals surface area (Å²) in [4.78, 5) is 26.3. The monoisotopic (exact) mass is 440 g/mol. The van der Waals surface area contributed by atoms with E-state index in [0.717, 1.165) is 0 Å². The zero-order valence-electron chi connectivity index (χ0n) is 17.6. The summed E-state index contributed by atoms with van der Waals surface area (Å²) in [6.07, 6.45) is -3.24. The third-order valence-electron chi connectivity index (χ3n) is 5.39. The topological polar surface area (TPSA) is 95.0 Å². The minimum atomic E-state index is -1.36. The molecular weight excluding hydrogens is 415 g/mol. The maximum absolute atomic E-state index is 14.5. The van der Waals surface area contributed by atoms with Crippen molar-refractivity contribution >= 4 is 34.6 Å². The van der Waals surface area contributed by atoms with Crippen molar-refractivity contribution in [2.75, 3.05) is 13.7 Å². The van der Waals surface area contributed by atoms with Gasteiger partial charge in [-0.2, -0.15) is 0 Å². The van der Waals surface area contributed by atoms with Crippen LogP contribution in [0.25, 0.3) is 11.0 Å². The zero-order valence-corrected chi connectivity index (χ0v) is 18.4. The number of nitrogens with two attached hydrogens (primary N) is 1. The van der Waals surface area contributed by atoms with E-state index in [4.69, 9.17) is 31.2 Å². The molecule has 1 aliphatic rings. The van der Waals surface area contributed by atoms with Crippen LogP contribution < -0.4 is 10.5 Å². The van der Waals surface area contributed by atoms with E-state index in [1.54, 1.807) is 19.1 Å². The molecule has 0 saturated carbocycles. The Kier molecular flexibility index (Phi) is 5.91. The molecule has 0 spiro atoms. The fourth-order valence-electron chi connectivity index (χ4n) is 4.24. The number of likely N-dealkylation sites (tertiary alicyclic amines) is 1. The molecule has 1 fully saturated rings. The van der Waals surface area contributed by atoms with Gasteiger partial charge in [0.1, 0.15) is 23.6 Å². The highest BCUT2D eigenvalue weighted by Crippen LogP contribution is 2.39. The summed E-state index contributed by atoms with van der Waals surface area (Å²) < 4.78 is 30.7. The number of alkyl halides is 1. The summed E-state index contributed by atoms with van der Waals surface area (Å²) in [5.74, 6) is -0.00391. The second-order valence-electron chi connectivity index (χ2n) is 8.63. The summed E-state index contributed by atoms with van der Waals surface area (Å²) in [7, 11) is 1.48. The van der Waals surface area contributed by atoms with E-state index in [-0.39, 0.29) is 23.7 Å². The number of benzene rings is 1. The molecule has 2 N–H and O–H groups in total. The van der Waals surface area contributed by atoms with Crippen LogP contribution in [0.1, 0.15) is 43.1 Å². The third kappa shape index (κ3) is 4.05. The van der Waals surface area contributed by atoms with E-state index in [2.05, 4.69) is 0 Å². The van der Waals surface area contributed by atoms with Crippen molar-refractivity contribution < 1.29 is 27.9 Å². The number of carbonyl (C=O) groups is 2. The highest BCUT2D eigenvalue weighted by Gasteiger charge is 2.46. The van der Waals surface area contributed by atoms with Gasteiger partial charge in [-0.25, -0.2) is 9.18 Å². The predicted octanol–water partition coefficient (Wildman–Crippen LogP) is 4.47. The number of hydrogen-bond acceptors (Lipinski definition) is 5. The van der Waals surface area contributed by atoms with Crippen LogP contribution in [0.5, 0.6) is 5.75 Å². The molecule has 0 radical (unpaired) electrons. The minimum Gasteiger partial charge on any atom is -0.496 e. The fourth-order valence-corrected chi connectivity index (χ4v) is 4.42. The summed E-state index contributed by atoms with van der Waals surface area (Å²) >= 11 is 6.10. The number of hydrogen-bond donors (Lipinski definition) is 1. The molecule has 0 aliphatic carbocycles. The summed E-state index contributed by atoms with van der Waals surface area (Å²) in [6.45, 7) is 7.35. The number of carbonyl (C=O) groups excluding carboxylic acids is 2. The number of rotatable bonds is 3. The minimum absolute atomic E-state index is 0.0238. The molecule has 1 aliphatic heterocycles. The lowest BCUT2D eigenvalue weighted by molar-refractivity contribution is -0.0570. The second-order valence-corrected chi connectivity index (χ2v) is 8.97. The number of aryl methyl sites for hydroxylation is 1. The van der Waals surface area contributed by atoms with Crippen LogP contribution in [0.3, 0.4) is 0 Å². The van der Waals surface area contributed by atoms with Crippen molar-refractivity contribution in [2.24, 2.45) is 11.1 Å². The highest BCUT2D eigenvalue weighted by atomic mass is 35.5. The first-order valence-corrected chi connectivity index (χ1v) is 9.99. The number of nitrogens with zero attached hydrogens (tertiary/aromatic N) is 1. The Labute approximate surface area is 179 Å². The molecule has 1 aromatic heterocycles. The van der Waals surface area contributed by atoms with Crippen LogP contribution in [-0.2, 0) is 4.74 Å². The first-order valence-electron chi connectivity index (χ1n) is 9.61. The first-order chi connectivity index (χ1) is 13.9. The van der Waals surface area contributed by atoms with Gasteiger partial charge in [0.25, 0.3) is 5.91 Å². The Morgan fingerprint density at radius 3 is 2.57 bits per heavy atom. The molecule has 2 amide bonds. The average Bonchev–Trinajstić information content (AvgIpc) is 2.92. The van der Waals surface area contributed by atoms with Crippen molar-refractivity contribution in [3.63, 3.8) is 0 Å². The van der Waals surface area contributed by atoms with Gasteiger partial charge >= 0.3 is 6.09 Å². The quantitative estimate of drug-likeness (QED) is 0.759. The molecule has 2 aromatic rings. The molecule has 3 rings (SSSR count). The van der Waals surface area contributed by atoms with E-state index in [0.29, 0.717) is 22.3 Å². The summed E-state index contributed by atoms with van der Waals surface area (Å²) in [5.41, 5.74) is 6.04. The van der Waals surface area contributed by atoms with Gasteiger partial charge in [-0.1, -0.05) is 20.8 Å². The van der Waals surface area contributed by atoms with E-state index >= 15 is 0 Å². The molecule has 9 heteroatoms. The van der Waals surface area contributed by atoms with Gasteiger partial charge < -0.3 is 24.5 Å². The Bertz CT molecular complexity index is 984. The smallest absolute Gasteiger partial charge is 0.404 e. The van der Waals surface area contributed by atoms with Crippen LogP contribution in [0.15, 0.2) is 16.5 Å². The Hall–Kier alpha value is -2.48. The molecular formula is C21H26ClFN2O5. The van der Waals surface area contributed by atoms with Gasteiger partial charge in [0.2, 0.25) is 0 Å². The van der Waals surface area contributed by atoms with Crippen molar-refractivity contribution in [3.05, 3.63) is 28.5 Å². The number of furan rings is 1. The van der Waals surface area contributed by atoms with Gasteiger partial charge in [-0.3, -0.25) is 4.79 Å². The number of amides is 2. The van der Waals surface area contributed by atoms with E-state index in [9.17, 15) is 14.0 Å². The molecule has 164 valence electrons. The summed E-state index contributed by atoms with van der Waals surface area (Å²) in [6, 6.07) is 2.56. The van der Waals surface area contributed by atoms with Gasteiger partial charge in [0.05, 0.1) is 25.1 Å². The van der Waals surface area contributed by atoms with Crippen molar-refractivity contribution in [3.8, 4) is 5.75 Å². The van der Waals surface area contributed by atoms with Crippen molar-refractivity contribution in [2.45, 2.75) is 52.4 Å². The lowest BCUT2D eigenvalue weighted by Gasteiger charge is -2.47. The van der Waals surface area contributed by atoms with Crippen molar-refractivity contribution in [1.82, 2.24) is 4.90 Å². The van der Waals surface area contributed by atoms with E-state index in [1.165, 1.54) is 12.0 Å². The molecule has 2 heterocycles. The molecule has 0 bridgehead atoms. The Balaban J connectivity index is 2.07. The van der Waals surface area contributed by atoms with Crippen LogP contribution in [0.4, 0.5) is 9.18 Å². The largest absolute Gasteiger partial charge is 0.496 e. The number of methoxy groups -OCH3 is 1. The first kappa shape index (κ1) is 22.2. The molecule has 1 aromatic carbocycles. The second kappa shape index (κ2) is 7.98. The van der Waals surface area contributed by atoms with Crippen LogP contribution in [0.2, 0.25) is 5.22 Å². The SMILES string of the molecule is COc1cc(C(=O)N2C[C@H](F)C[C@@H](OC(N)=O)C2C(C)(C)C)cc2oc(Cl)c(C)c12. The molecule has 1 saturated heterocycles. The van der Waals surface area contributed by atoms with Crippen molar-refractivity contribution in [1.29, 1.82) is 0 Å². The Morgan fingerprint density at radius 2 is 2.00 bits per heavy atom. The molecule has 30 heavy (non-hydrogen) atoms. The molecule has 3 atom stereocenters. The fraction of sp³-hybridized carbons (Fsp3) is 0.524. The predicted molar refractivity (Wildman–Crippen MR) is 111 cm³/mol. The number of halogens is 2. The number of piperidine rings is 1. The number of primary amides is 1. The van der Waals surface area contributed by atoms with Crippen LogP contribution in [0, 0.1) is 12.3 Å². The normalized spacial score (nSPS) is 22.2. The van der Waals surface area contributed by atoms with Crippen LogP contribution >= 0.6 is 11.6 Å². The van der Waals surface area contributed by atoms with Gasteiger partial charge in [-0.05, 0) is 36.1 Å². The lowest BCUT2D eigenvalue weighted by Crippen LogP contribution is -2.61. The Morgan fingerprint density at radius 1 is 1.33 bits per heavy atom. The molecule has 7 nitrogen and oxygen atoms in total. The van der Waals surface area contributed by atoms with Gasteiger partial charge in [-0.15, -0.1) is 0 Å². The van der Waals surface area contributed by atoms with Gasteiger partial charge in [0, 0.05) is 17.5 Å². The zero-order chi connectivity index (χ0) is 22.4. The van der Waals surface area contributed by atoms with E-state index in [1.807, 2.05) is 20.8 Å². The number of fused-ring (bicyclic) bond motifs is 1. The standard InChI is InChI=1S/C21H26ClFN2O5/c1-10-16-13(28-5)6-11(7-14(16)29-18(10)22)19(26)25-9-12(23)8-15(30-20(24)27)17(25)21(2,3)4/h6-7,12,15,17H,8-9H2,1-5H3,(H2,24,27)/t12-,15-,17?/m1/s1. The van der Waals surface area contributed by atoms with E-state index < -0.39 is 35.7 Å². The molecule has 1 unspecified atom stereocenters. The third-order valence-corrected chi connectivity index (χ3v) is 5.75. The highest BCUT2D eigenvalue weighted by molar-refractivity contribution is 6.31. The van der Waals surface area contributed by atoms with Crippen LogP contribution in [-0.4, -0.2) is 48.9 Å².